The summed E-state index contributed by atoms with van der Waals surface area (Å²) in [5.41, 5.74) is 5.28. The van der Waals surface area contributed by atoms with E-state index in [4.69, 9.17) is 11.4 Å². The Labute approximate surface area is 234 Å². The van der Waals surface area contributed by atoms with Gasteiger partial charge < -0.3 is 10.0 Å². The van der Waals surface area contributed by atoms with Gasteiger partial charge in [0.05, 0.1) is 17.3 Å². The molecule has 4 aromatic rings. The maximum atomic E-state index is 10.3. The lowest BCUT2D eigenvalue weighted by molar-refractivity contribution is -0.00875. The number of hydrogen-bond acceptors (Lipinski definition) is 7. The Morgan fingerprint density at radius 1 is 1.10 bits per heavy atom. The summed E-state index contributed by atoms with van der Waals surface area (Å²) in [5.74, 6) is 3.41. The molecule has 1 N–H and O–H groups in total. The third-order valence-corrected chi connectivity index (χ3v) is 8.34. The summed E-state index contributed by atoms with van der Waals surface area (Å²) in [5, 5.41) is 24.4. The predicted molar refractivity (Wildman–Crippen MR) is 154 cm³/mol. The van der Waals surface area contributed by atoms with Crippen molar-refractivity contribution in [1.29, 1.82) is 5.26 Å². The second-order valence-corrected chi connectivity index (χ2v) is 11.2. The zero-order chi connectivity index (χ0) is 27.9. The van der Waals surface area contributed by atoms with Crippen LogP contribution in [0, 0.1) is 23.7 Å². The largest absolute Gasteiger partial charge is 0.378 e. The number of piperazine rings is 1. The van der Waals surface area contributed by atoms with Gasteiger partial charge in [0, 0.05) is 67.1 Å². The van der Waals surface area contributed by atoms with Crippen LogP contribution in [0.25, 0.3) is 16.6 Å². The quantitative estimate of drug-likeness (QED) is 0.344. The molecular weight excluding hydrogens is 498 g/mol. The van der Waals surface area contributed by atoms with Crippen LogP contribution in [0.2, 0.25) is 0 Å². The highest BCUT2D eigenvalue weighted by Crippen LogP contribution is 2.36. The van der Waals surface area contributed by atoms with Crippen molar-refractivity contribution >= 4 is 11.3 Å². The van der Waals surface area contributed by atoms with Crippen LogP contribution in [0.4, 0.5) is 5.82 Å². The first-order valence-corrected chi connectivity index (χ1v) is 13.9. The minimum Gasteiger partial charge on any atom is -0.378 e. The number of aliphatic hydroxyl groups is 1. The molecule has 8 nitrogen and oxygen atoms in total. The predicted octanol–water partition coefficient (Wildman–Crippen LogP) is 4.01. The van der Waals surface area contributed by atoms with Gasteiger partial charge in [-0.25, -0.2) is 9.50 Å². The van der Waals surface area contributed by atoms with Gasteiger partial charge in [-0.3, -0.25) is 9.88 Å². The van der Waals surface area contributed by atoms with Crippen LogP contribution in [-0.2, 0) is 19.4 Å². The molecule has 0 saturated carbocycles. The van der Waals surface area contributed by atoms with Crippen molar-refractivity contribution in [1.82, 2.24) is 24.5 Å². The van der Waals surface area contributed by atoms with Gasteiger partial charge in [-0.1, -0.05) is 18.9 Å². The molecule has 7 rings (SSSR count). The molecule has 0 amide bonds. The van der Waals surface area contributed by atoms with E-state index in [2.05, 4.69) is 69.1 Å². The molecule has 2 bridgehead atoms. The van der Waals surface area contributed by atoms with Gasteiger partial charge in [-0.2, -0.15) is 10.4 Å². The van der Waals surface area contributed by atoms with E-state index >= 15 is 0 Å². The number of nitrogens with zero attached hydrogens (tertiary/aromatic N) is 7. The molecule has 0 spiro atoms. The molecule has 3 aliphatic heterocycles. The fourth-order valence-electron chi connectivity index (χ4n) is 5.91. The molecule has 0 aromatic carbocycles. The van der Waals surface area contributed by atoms with Crippen molar-refractivity contribution in [2.75, 3.05) is 18.0 Å². The SMILES string of the molecule is C#CC(C)(O)CCc1cc(-c2ccc(N3CC4CC(C3)N4Cc3ccc(CC)nc3)nc2)c2c(C#N)cnn2c1. The Bertz CT molecular complexity index is 1600. The van der Waals surface area contributed by atoms with Crippen molar-refractivity contribution < 1.29 is 5.11 Å². The molecule has 40 heavy (non-hydrogen) atoms. The van der Waals surface area contributed by atoms with Gasteiger partial charge in [0.1, 0.15) is 17.5 Å². The highest BCUT2D eigenvalue weighted by atomic mass is 16.3. The Morgan fingerprint density at radius 3 is 2.58 bits per heavy atom. The lowest BCUT2D eigenvalue weighted by Gasteiger charge is -2.56. The van der Waals surface area contributed by atoms with E-state index in [1.807, 2.05) is 18.6 Å². The molecule has 4 aromatic heterocycles. The van der Waals surface area contributed by atoms with Crippen molar-refractivity contribution in [3.63, 3.8) is 0 Å². The van der Waals surface area contributed by atoms with E-state index in [-0.39, 0.29) is 0 Å². The number of pyridine rings is 3. The Morgan fingerprint density at radius 2 is 1.93 bits per heavy atom. The standard InChI is InChI=1S/C32H33N7O/c1-4-26-8-6-23(15-34-26)18-38-27-13-28(38)21-37(20-27)30-9-7-24(16-35-30)29-12-22(10-11-32(3,40)5-2)19-39-31(29)25(14-33)17-36-39/h2,6-9,12,15-17,19,27-28,40H,4,10-11,13,18,20-21H2,1,3H3. The summed E-state index contributed by atoms with van der Waals surface area (Å²) in [6.07, 6.45) is 16.1. The highest BCUT2D eigenvalue weighted by molar-refractivity contribution is 5.84. The molecule has 3 atom stereocenters. The molecule has 3 unspecified atom stereocenters. The van der Waals surface area contributed by atoms with Crippen molar-refractivity contribution in [2.45, 2.75) is 63.8 Å². The number of rotatable bonds is 8. The van der Waals surface area contributed by atoms with Crippen LogP contribution in [0.5, 0.6) is 0 Å². The maximum Gasteiger partial charge on any atom is 0.128 e. The molecular formula is C32H33N7O. The number of terminal acetylenes is 1. The van der Waals surface area contributed by atoms with E-state index in [1.165, 1.54) is 12.0 Å². The normalized spacial score (nSPS) is 20.0. The molecule has 0 aliphatic carbocycles. The fourth-order valence-corrected chi connectivity index (χ4v) is 5.91. The second-order valence-electron chi connectivity index (χ2n) is 11.2. The third kappa shape index (κ3) is 4.93. The summed E-state index contributed by atoms with van der Waals surface area (Å²) in [4.78, 5) is 14.4. The summed E-state index contributed by atoms with van der Waals surface area (Å²) in [6.45, 7) is 6.63. The van der Waals surface area contributed by atoms with Gasteiger partial charge in [0.15, 0.2) is 0 Å². The fraction of sp³-hybridized carbons (Fsp3) is 0.375. The zero-order valence-corrected chi connectivity index (χ0v) is 23.0. The number of aryl methyl sites for hydroxylation is 2. The van der Waals surface area contributed by atoms with E-state index < -0.39 is 5.60 Å². The van der Waals surface area contributed by atoms with E-state index in [0.717, 1.165) is 59.8 Å². The number of nitriles is 1. The first-order valence-electron chi connectivity index (χ1n) is 13.9. The lowest BCUT2D eigenvalue weighted by Crippen LogP contribution is -2.68. The van der Waals surface area contributed by atoms with Gasteiger partial charge in [0.2, 0.25) is 0 Å². The van der Waals surface area contributed by atoms with Crippen LogP contribution in [-0.4, -0.2) is 60.4 Å². The lowest BCUT2D eigenvalue weighted by atomic mass is 9.87. The molecule has 3 fully saturated rings. The minimum atomic E-state index is -1.18. The zero-order valence-electron chi connectivity index (χ0n) is 23.0. The van der Waals surface area contributed by atoms with Crippen LogP contribution in [0.15, 0.2) is 55.1 Å². The highest BCUT2D eigenvalue weighted by Gasteiger charge is 2.44. The number of hydrogen-bond donors (Lipinski definition) is 1. The smallest absolute Gasteiger partial charge is 0.128 e. The molecule has 8 heteroatoms. The van der Waals surface area contributed by atoms with Crippen LogP contribution in [0.3, 0.4) is 0 Å². The van der Waals surface area contributed by atoms with E-state index in [1.54, 1.807) is 17.6 Å². The van der Waals surface area contributed by atoms with Crippen LogP contribution >= 0.6 is 0 Å². The van der Waals surface area contributed by atoms with Crippen molar-refractivity contribution in [3.05, 3.63) is 77.5 Å². The third-order valence-electron chi connectivity index (χ3n) is 8.34. The molecule has 3 saturated heterocycles. The van der Waals surface area contributed by atoms with Gasteiger partial charge in [-0.05, 0) is 68.0 Å². The maximum absolute atomic E-state index is 10.3. The van der Waals surface area contributed by atoms with Crippen LogP contribution in [0.1, 0.15) is 49.1 Å². The molecule has 202 valence electrons. The molecule has 3 aliphatic rings. The van der Waals surface area contributed by atoms with E-state index in [9.17, 15) is 10.4 Å². The number of fused-ring (bicyclic) bond motifs is 3. The number of piperidine rings is 1. The Balaban J connectivity index is 1.19. The van der Waals surface area contributed by atoms with Crippen molar-refractivity contribution in [3.8, 4) is 29.5 Å². The van der Waals surface area contributed by atoms with Gasteiger partial charge >= 0.3 is 0 Å². The molecule has 0 radical (unpaired) electrons. The summed E-state index contributed by atoms with van der Waals surface area (Å²) < 4.78 is 1.74. The first kappa shape index (κ1) is 26.0. The van der Waals surface area contributed by atoms with Crippen LogP contribution < -0.4 is 4.90 Å². The minimum absolute atomic E-state index is 0.423. The Kier molecular flexibility index (Phi) is 6.75. The Hall–Kier alpha value is -4.24. The van der Waals surface area contributed by atoms with Gasteiger partial charge in [-0.15, -0.1) is 6.42 Å². The average molecular weight is 532 g/mol. The van der Waals surface area contributed by atoms with Crippen molar-refractivity contribution in [2.24, 2.45) is 0 Å². The number of anilines is 1. The topological polar surface area (TPSA) is 93.6 Å². The average Bonchev–Trinajstić information content (AvgIpc) is 3.42. The monoisotopic (exact) mass is 531 g/mol. The summed E-state index contributed by atoms with van der Waals surface area (Å²) >= 11 is 0. The second kappa shape index (κ2) is 10.4. The summed E-state index contributed by atoms with van der Waals surface area (Å²) in [6, 6.07) is 13.8. The van der Waals surface area contributed by atoms with E-state index in [0.29, 0.717) is 30.5 Å². The summed E-state index contributed by atoms with van der Waals surface area (Å²) in [7, 11) is 0. The molecule has 7 heterocycles. The van der Waals surface area contributed by atoms with Gasteiger partial charge in [0.25, 0.3) is 0 Å². The first-order chi connectivity index (χ1) is 19.4. The number of aromatic nitrogens is 4.